The van der Waals surface area contributed by atoms with E-state index in [4.69, 9.17) is 9.84 Å². The number of benzene rings is 1. The fraction of sp³-hybridized carbons (Fsp3) is 0.375. The van der Waals surface area contributed by atoms with Crippen LogP contribution in [0.3, 0.4) is 0 Å². The van der Waals surface area contributed by atoms with Gasteiger partial charge in [0.25, 0.3) is 0 Å². The van der Waals surface area contributed by atoms with Crippen LogP contribution in [0.4, 0.5) is 0 Å². The van der Waals surface area contributed by atoms with Gasteiger partial charge in [-0.15, -0.1) is 0 Å². The number of rotatable bonds is 4. The third-order valence-electron chi connectivity index (χ3n) is 3.81. The van der Waals surface area contributed by atoms with E-state index in [1.54, 1.807) is 12.1 Å². The molecule has 0 unspecified atom stereocenters. The van der Waals surface area contributed by atoms with Gasteiger partial charge in [-0.25, -0.2) is 4.79 Å². The number of aliphatic carboxylic acids is 1. The SMILES string of the molecule is O=C(/C=C/c1ccc(O)cc1)O[C@@H]1C[C@](O)(C(=O)[O-])C[C@@H](O)[C@H]1O. The Morgan fingerprint density at radius 2 is 1.83 bits per heavy atom. The Bertz CT molecular complexity index is 638. The smallest absolute Gasteiger partial charge is 0.331 e. The lowest BCUT2D eigenvalue weighted by Gasteiger charge is -2.41. The number of esters is 1. The van der Waals surface area contributed by atoms with E-state index >= 15 is 0 Å². The highest BCUT2D eigenvalue weighted by Crippen LogP contribution is 2.30. The first-order valence-electron chi connectivity index (χ1n) is 7.19. The lowest BCUT2D eigenvalue weighted by atomic mass is 9.79. The molecule has 0 radical (unpaired) electrons. The highest BCUT2D eigenvalue weighted by atomic mass is 16.6. The Hall–Kier alpha value is -2.42. The number of phenols is 1. The first-order chi connectivity index (χ1) is 11.2. The molecule has 1 aromatic rings. The molecule has 4 N–H and O–H groups in total. The molecule has 0 saturated heterocycles. The van der Waals surface area contributed by atoms with Crippen molar-refractivity contribution in [3.8, 4) is 5.75 Å². The van der Waals surface area contributed by atoms with Gasteiger partial charge in [-0.05, 0) is 23.8 Å². The predicted octanol–water partition coefficient (Wildman–Crippen LogP) is -1.69. The second-order valence-electron chi connectivity index (χ2n) is 5.69. The van der Waals surface area contributed by atoms with Crippen molar-refractivity contribution in [3.05, 3.63) is 35.9 Å². The maximum Gasteiger partial charge on any atom is 0.331 e. The molecular formula is C16H17O8-. The van der Waals surface area contributed by atoms with Crippen molar-refractivity contribution in [2.75, 3.05) is 0 Å². The Kier molecular flexibility index (Phi) is 5.23. The number of carboxylic acids is 1. The average molecular weight is 337 g/mol. The summed E-state index contributed by atoms with van der Waals surface area (Å²) >= 11 is 0. The fourth-order valence-corrected chi connectivity index (χ4v) is 2.47. The lowest BCUT2D eigenvalue weighted by molar-refractivity contribution is -0.331. The topological polar surface area (TPSA) is 147 Å². The van der Waals surface area contributed by atoms with Gasteiger partial charge < -0.3 is 35.1 Å². The fourth-order valence-electron chi connectivity index (χ4n) is 2.47. The number of hydrogen-bond donors (Lipinski definition) is 4. The number of aliphatic hydroxyl groups is 3. The van der Waals surface area contributed by atoms with Crippen LogP contribution < -0.4 is 5.11 Å². The minimum atomic E-state index is -2.38. The number of aromatic hydroxyl groups is 1. The second-order valence-corrected chi connectivity index (χ2v) is 5.69. The van der Waals surface area contributed by atoms with Gasteiger partial charge in [-0.2, -0.15) is 0 Å². The first kappa shape index (κ1) is 17.9. The Balaban J connectivity index is 2.03. The molecule has 0 bridgehead atoms. The number of ether oxygens (including phenoxy) is 1. The monoisotopic (exact) mass is 337 g/mol. The van der Waals surface area contributed by atoms with E-state index in [1.165, 1.54) is 18.2 Å². The number of phenolic OH excluding ortho intramolecular Hbond substituents is 1. The van der Waals surface area contributed by atoms with Gasteiger partial charge in [0, 0.05) is 18.9 Å². The summed E-state index contributed by atoms with van der Waals surface area (Å²) in [7, 11) is 0. The molecule has 8 heteroatoms. The number of aliphatic hydroxyl groups excluding tert-OH is 2. The molecule has 2 rings (SSSR count). The van der Waals surface area contributed by atoms with E-state index in [9.17, 15) is 30.0 Å². The van der Waals surface area contributed by atoms with Crippen LogP contribution in [0.25, 0.3) is 6.08 Å². The van der Waals surface area contributed by atoms with Crippen LogP contribution in [0.1, 0.15) is 18.4 Å². The van der Waals surface area contributed by atoms with Crippen molar-refractivity contribution in [3.63, 3.8) is 0 Å². The van der Waals surface area contributed by atoms with Crippen LogP contribution in [-0.4, -0.2) is 56.3 Å². The minimum Gasteiger partial charge on any atom is -0.547 e. The van der Waals surface area contributed by atoms with Gasteiger partial charge in [0.15, 0.2) is 0 Å². The maximum absolute atomic E-state index is 11.8. The predicted molar refractivity (Wildman–Crippen MR) is 78.2 cm³/mol. The molecule has 0 heterocycles. The van der Waals surface area contributed by atoms with Gasteiger partial charge in [0.05, 0.1) is 12.1 Å². The van der Waals surface area contributed by atoms with Gasteiger partial charge in [0.2, 0.25) is 0 Å². The largest absolute Gasteiger partial charge is 0.547 e. The van der Waals surface area contributed by atoms with Crippen molar-refractivity contribution < 1.29 is 39.9 Å². The van der Waals surface area contributed by atoms with Crippen molar-refractivity contribution in [2.24, 2.45) is 0 Å². The summed E-state index contributed by atoms with van der Waals surface area (Å²) in [5.74, 6) is -2.63. The van der Waals surface area contributed by atoms with Crippen LogP contribution in [0.5, 0.6) is 5.75 Å². The number of carboxylic acid groups (broad SMARTS) is 1. The van der Waals surface area contributed by atoms with Gasteiger partial charge in [-0.1, -0.05) is 12.1 Å². The third kappa shape index (κ3) is 4.10. The molecule has 8 nitrogen and oxygen atoms in total. The summed E-state index contributed by atoms with van der Waals surface area (Å²) in [5.41, 5.74) is -1.79. The third-order valence-corrected chi connectivity index (χ3v) is 3.81. The normalized spacial score (nSPS) is 30.2. The number of carbonyl (C=O) groups excluding carboxylic acids is 2. The van der Waals surface area contributed by atoms with E-state index in [-0.39, 0.29) is 5.75 Å². The molecule has 0 spiro atoms. The zero-order valence-corrected chi connectivity index (χ0v) is 12.5. The summed E-state index contributed by atoms with van der Waals surface area (Å²) in [6, 6.07) is 5.94. The van der Waals surface area contributed by atoms with Crippen molar-refractivity contribution in [1.29, 1.82) is 0 Å². The summed E-state index contributed by atoms with van der Waals surface area (Å²) < 4.78 is 4.93. The van der Waals surface area contributed by atoms with Gasteiger partial charge in [-0.3, -0.25) is 0 Å². The second kappa shape index (κ2) is 7.00. The number of hydrogen-bond acceptors (Lipinski definition) is 8. The number of carbonyl (C=O) groups is 2. The molecule has 1 fully saturated rings. The molecule has 1 aromatic carbocycles. The van der Waals surface area contributed by atoms with Crippen LogP contribution >= 0.6 is 0 Å². The maximum atomic E-state index is 11.8. The molecule has 1 aliphatic rings. The molecule has 24 heavy (non-hydrogen) atoms. The van der Waals surface area contributed by atoms with E-state index < -0.39 is 48.7 Å². The molecule has 1 aliphatic carbocycles. The van der Waals surface area contributed by atoms with Gasteiger partial charge in [0.1, 0.15) is 23.6 Å². The minimum absolute atomic E-state index is 0.0654. The highest BCUT2D eigenvalue weighted by molar-refractivity contribution is 5.87. The molecule has 4 atom stereocenters. The highest BCUT2D eigenvalue weighted by Gasteiger charge is 2.46. The molecule has 0 aliphatic heterocycles. The van der Waals surface area contributed by atoms with E-state index in [0.717, 1.165) is 6.08 Å². The Morgan fingerprint density at radius 3 is 2.42 bits per heavy atom. The summed E-state index contributed by atoms with van der Waals surface area (Å²) in [4.78, 5) is 22.8. The summed E-state index contributed by atoms with van der Waals surface area (Å²) in [6.45, 7) is 0. The zero-order chi connectivity index (χ0) is 17.9. The zero-order valence-electron chi connectivity index (χ0n) is 12.5. The lowest BCUT2D eigenvalue weighted by Crippen LogP contribution is -2.60. The van der Waals surface area contributed by atoms with Crippen molar-refractivity contribution in [1.82, 2.24) is 0 Å². The van der Waals surface area contributed by atoms with E-state index in [2.05, 4.69) is 0 Å². The van der Waals surface area contributed by atoms with Crippen LogP contribution in [-0.2, 0) is 14.3 Å². The molecule has 130 valence electrons. The standard InChI is InChI=1S/C16H18O8/c17-10-4-1-9(2-5-10)3-6-13(19)24-12-8-16(23,15(21)22)7-11(18)14(12)20/h1-6,11-12,14,17-18,20,23H,7-8H2,(H,21,22)/p-1/b6-3+/t11-,12-,14-,16+/m1/s1. The first-order valence-corrected chi connectivity index (χ1v) is 7.19. The van der Waals surface area contributed by atoms with Crippen molar-refractivity contribution in [2.45, 2.75) is 36.8 Å². The Morgan fingerprint density at radius 1 is 1.21 bits per heavy atom. The van der Waals surface area contributed by atoms with Gasteiger partial charge >= 0.3 is 5.97 Å². The van der Waals surface area contributed by atoms with Crippen LogP contribution in [0.2, 0.25) is 0 Å². The van der Waals surface area contributed by atoms with Crippen molar-refractivity contribution >= 4 is 18.0 Å². The van der Waals surface area contributed by atoms with Crippen LogP contribution in [0, 0.1) is 0 Å². The summed E-state index contributed by atoms with van der Waals surface area (Å²) in [6.07, 6.45) is -3.26. The summed E-state index contributed by atoms with van der Waals surface area (Å²) in [5, 5.41) is 49.5. The molecule has 1 saturated carbocycles. The Labute approximate surface area is 137 Å². The van der Waals surface area contributed by atoms with Crippen LogP contribution in [0.15, 0.2) is 30.3 Å². The quantitative estimate of drug-likeness (QED) is 0.376. The molecular weight excluding hydrogens is 320 g/mol. The average Bonchev–Trinajstić information content (AvgIpc) is 2.51. The molecule has 0 amide bonds. The molecule has 0 aromatic heterocycles. The van der Waals surface area contributed by atoms with E-state index in [0.29, 0.717) is 5.56 Å². The van der Waals surface area contributed by atoms with E-state index in [1.807, 2.05) is 0 Å².